The molecule has 0 aliphatic rings. The average molecular weight is 351 g/mol. The van der Waals surface area contributed by atoms with E-state index in [1.54, 1.807) is 0 Å². The zero-order valence-corrected chi connectivity index (χ0v) is 9.63. The Hall–Kier alpha value is -2.76. The van der Waals surface area contributed by atoms with Crippen LogP contribution in [-0.4, -0.2) is 80.2 Å². The minimum absolute atomic E-state index is 0. The average Bonchev–Trinajstić information content (AvgIpc) is 1.54. The summed E-state index contributed by atoms with van der Waals surface area (Å²) in [6.45, 7) is 0. The molecule has 0 unspecified atom stereocenters. The number of hydrogen-bond acceptors (Lipinski definition) is 6. The lowest BCUT2D eigenvalue weighted by Crippen LogP contribution is -1.81. The van der Waals surface area contributed by atoms with Crippen molar-refractivity contribution < 1.29 is 80.2 Å². The molecule has 0 aliphatic heterocycles. The topological polar surface area (TPSA) is 474 Å². The van der Waals surface area contributed by atoms with Gasteiger partial charge in [-0.3, -0.25) is 0 Å². The summed E-state index contributed by atoms with van der Waals surface area (Å²) in [7, 11) is 0. The second kappa shape index (κ2) is 117. The van der Waals surface area contributed by atoms with Crippen LogP contribution in [0.5, 0.6) is 0 Å². The Balaban J connectivity index is -0.00000000476. The van der Waals surface area contributed by atoms with Crippen LogP contribution in [0.25, 0.3) is 0 Å². The third kappa shape index (κ3) is 526. The van der Waals surface area contributed by atoms with Gasteiger partial charge in [-0.2, -0.15) is 0 Å². The number of rotatable bonds is 0. The van der Waals surface area contributed by atoms with Crippen LogP contribution in [0.15, 0.2) is 0 Å². The lowest BCUT2D eigenvalue weighted by atomic mass is 13.1. The van der Waals surface area contributed by atoms with E-state index >= 15 is 0 Å². The van der Waals surface area contributed by atoms with Gasteiger partial charge in [0.15, 0.2) is 0 Å². The predicted molar refractivity (Wildman–Crippen MR) is 58.9 cm³/mol. The standard InChI is InChI=1S/3HNO3.9H2O/c3*2-1(3)4;;;;;;;;;/h3*(H,2,3,4);9*1H2. The Morgan fingerprint density at radius 3 is 0.429 bits per heavy atom. The summed E-state index contributed by atoms with van der Waals surface area (Å²) in [4.78, 5) is 25.1. The maximum Gasteiger partial charge on any atom is 0.291 e. The summed E-state index contributed by atoms with van der Waals surface area (Å²) < 4.78 is 0. The van der Waals surface area contributed by atoms with E-state index < -0.39 is 15.3 Å². The molecule has 0 aliphatic carbocycles. The fourth-order valence-corrected chi connectivity index (χ4v) is 0. The van der Waals surface area contributed by atoms with Crippen molar-refractivity contribution in [2.75, 3.05) is 0 Å². The Morgan fingerprint density at radius 2 is 0.429 bits per heavy atom. The SMILES string of the molecule is O.O.O.O.O.O.O.O.O.O=[N+]([O-])O.O=[N+]([O-])O.O=[N+]([O-])O. The molecule has 0 radical (unpaired) electrons. The van der Waals surface area contributed by atoms with Gasteiger partial charge in [0.1, 0.15) is 0 Å². The highest BCUT2D eigenvalue weighted by molar-refractivity contribution is 3.84. The van der Waals surface area contributed by atoms with Gasteiger partial charge in [0, 0.05) is 0 Å². The summed E-state index contributed by atoms with van der Waals surface area (Å²) in [5.74, 6) is 0. The summed E-state index contributed by atoms with van der Waals surface area (Å²) >= 11 is 0. The molecule has 21 heavy (non-hydrogen) atoms. The Bertz CT molecular complexity index is 110. The largest absolute Gasteiger partial charge is 0.412 e. The van der Waals surface area contributed by atoms with Gasteiger partial charge in [-0.15, -0.1) is 30.3 Å². The Morgan fingerprint density at radius 1 is 0.429 bits per heavy atom. The van der Waals surface area contributed by atoms with Crippen LogP contribution in [0.4, 0.5) is 0 Å². The van der Waals surface area contributed by atoms with E-state index in [9.17, 15) is 0 Å². The van der Waals surface area contributed by atoms with Gasteiger partial charge < -0.3 is 64.9 Å². The maximum atomic E-state index is 8.36. The summed E-state index contributed by atoms with van der Waals surface area (Å²) in [6.07, 6.45) is 0. The Labute approximate surface area is 112 Å². The van der Waals surface area contributed by atoms with Gasteiger partial charge in [-0.1, -0.05) is 0 Å². The highest BCUT2D eigenvalue weighted by Crippen LogP contribution is 1.39. The molecule has 0 bridgehead atoms. The zero-order valence-electron chi connectivity index (χ0n) is 9.63. The molecule has 0 aromatic carbocycles. The minimum atomic E-state index is -1.50. The first-order valence-electron chi connectivity index (χ1n) is 1.70. The first-order valence-corrected chi connectivity index (χ1v) is 1.70. The van der Waals surface area contributed by atoms with Crippen LogP contribution in [0.2, 0.25) is 0 Å². The molecule has 21 nitrogen and oxygen atoms in total. The molecule has 0 saturated heterocycles. The molecule has 0 saturated carbocycles. The van der Waals surface area contributed by atoms with Crippen molar-refractivity contribution in [3.63, 3.8) is 0 Å². The van der Waals surface area contributed by atoms with E-state index in [4.69, 9.17) is 46.0 Å². The van der Waals surface area contributed by atoms with Crippen molar-refractivity contribution in [2.45, 2.75) is 0 Å². The second-order valence-electron chi connectivity index (χ2n) is 0.714. The molecular weight excluding hydrogens is 330 g/mol. The molecule has 0 rings (SSSR count). The quantitative estimate of drug-likeness (QED) is 0.274. The maximum absolute atomic E-state index is 8.36. The molecule has 0 heterocycles. The highest BCUT2D eigenvalue weighted by atomic mass is 16.9. The second-order valence-corrected chi connectivity index (χ2v) is 0.714. The molecule has 21 N–H and O–H groups in total. The molecule has 0 aromatic rings. The van der Waals surface area contributed by atoms with Crippen LogP contribution in [-0.2, 0) is 0 Å². The van der Waals surface area contributed by atoms with Crippen molar-refractivity contribution in [3.8, 4) is 0 Å². The number of hydrogen-bond donors (Lipinski definition) is 3. The molecule has 0 spiro atoms. The van der Waals surface area contributed by atoms with Crippen molar-refractivity contribution in [1.82, 2.24) is 0 Å². The fourth-order valence-electron chi connectivity index (χ4n) is 0. The summed E-state index contributed by atoms with van der Waals surface area (Å²) in [6, 6.07) is 0. The van der Waals surface area contributed by atoms with Gasteiger partial charge in [0.2, 0.25) is 0 Å². The van der Waals surface area contributed by atoms with Gasteiger partial charge in [0.05, 0.1) is 0 Å². The normalized spacial score (nSPS) is 3.43. The van der Waals surface area contributed by atoms with E-state index in [1.165, 1.54) is 0 Å². The van der Waals surface area contributed by atoms with Gasteiger partial charge >= 0.3 is 0 Å². The van der Waals surface area contributed by atoms with Crippen LogP contribution >= 0.6 is 0 Å². The van der Waals surface area contributed by atoms with Crippen LogP contribution in [0.3, 0.4) is 0 Å². The first-order chi connectivity index (χ1) is 5.20. The van der Waals surface area contributed by atoms with E-state index in [0.29, 0.717) is 0 Å². The molecule has 0 fully saturated rings. The van der Waals surface area contributed by atoms with Crippen molar-refractivity contribution in [2.24, 2.45) is 0 Å². The molecule has 144 valence electrons. The van der Waals surface area contributed by atoms with E-state index in [0.717, 1.165) is 0 Å². The zero-order chi connectivity index (χ0) is 10.7. The molecule has 0 atom stereocenters. The van der Waals surface area contributed by atoms with Gasteiger partial charge in [0.25, 0.3) is 15.3 Å². The third-order valence-electron chi connectivity index (χ3n) is 0. The summed E-state index contributed by atoms with van der Waals surface area (Å²) in [5, 5.41) is 40.9. The Kier molecular flexibility index (Phi) is 774. The van der Waals surface area contributed by atoms with Crippen LogP contribution in [0, 0.1) is 30.3 Å². The van der Waals surface area contributed by atoms with E-state index in [-0.39, 0.29) is 49.3 Å². The summed E-state index contributed by atoms with van der Waals surface area (Å²) in [5.41, 5.74) is 0. The molecule has 0 amide bonds. The monoisotopic (exact) mass is 351 g/mol. The third-order valence-corrected chi connectivity index (χ3v) is 0. The predicted octanol–water partition coefficient (Wildman–Crippen LogP) is -8.47. The molecule has 21 heteroatoms. The van der Waals surface area contributed by atoms with Crippen molar-refractivity contribution in [3.05, 3.63) is 30.3 Å². The number of nitrogens with zero attached hydrogens (tertiary/aromatic N) is 3. The van der Waals surface area contributed by atoms with E-state index in [2.05, 4.69) is 0 Å². The lowest BCUT2D eigenvalue weighted by Gasteiger charge is -1.56. The van der Waals surface area contributed by atoms with Gasteiger partial charge in [-0.05, 0) is 0 Å². The molecule has 0 aromatic heterocycles. The van der Waals surface area contributed by atoms with Crippen LogP contribution in [0.1, 0.15) is 0 Å². The van der Waals surface area contributed by atoms with E-state index in [1.807, 2.05) is 0 Å². The van der Waals surface area contributed by atoms with Gasteiger partial charge in [-0.25, -0.2) is 0 Å². The van der Waals surface area contributed by atoms with Crippen molar-refractivity contribution >= 4 is 0 Å². The minimum Gasteiger partial charge on any atom is -0.412 e. The van der Waals surface area contributed by atoms with Crippen LogP contribution < -0.4 is 0 Å². The first kappa shape index (κ1) is 139. The lowest BCUT2D eigenvalue weighted by molar-refractivity contribution is -0.742. The highest BCUT2D eigenvalue weighted by Gasteiger charge is 1.66. The smallest absolute Gasteiger partial charge is 0.291 e. The van der Waals surface area contributed by atoms with Crippen molar-refractivity contribution in [1.29, 1.82) is 0 Å². The molecular formula is H21N3O18. The fraction of sp³-hybridized carbons (Fsp3) is 0.